The molecule has 190 valence electrons. The van der Waals surface area contributed by atoms with Gasteiger partial charge in [-0.05, 0) is 43.9 Å². The molecule has 0 radical (unpaired) electrons. The number of rotatable bonds is 3. The predicted molar refractivity (Wildman–Crippen MR) is 144 cm³/mol. The molecule has 0 saturated heterocycles. The van der Waals surface area contributed by atoms with Crippen LogP contribution in [0.4, 0.5) is 5.69 Å². The molecule has 37 heavy (non-hydrogen) atoms. The molecule has 2 amide bonds. The number of fused-ring (bicyclic) bond motifs is 4. The number of hydrogen-bond acceptors (Lipinski definition) is 4. The number of imide groups is 1. The van der Waals surface area contributed by atoms with E-state index in [2.05, 4.69) is 10.6 Å². The van der Waals surface area contributed by atoms with Gasteiger partial charge in [-0.1, -0.05) is 36.4 Å². The molecule has 1 atom stereocenters. The van der Waals surface area contributed by atoms with Gasteiger partial charge in [0.25, 0.3) is 17.8 Å². The van der Waals surface area contributed by atoms with E-state index in [1.54, 1.807) is 0 Å². The van der Waals surface area contributed by atoms with Gasteiger partial charge in [0.05, 0.1) is 16.8 Å². The number of para-hydroxylation sites is 2. The van der Waals surface area contributed by atoms with E-state index in [0.29, 0.717) is 18.0 Å². The quantitative estimate of drug-likeness (QED) is 0.414. The van der Waals surface area contributed by atoms with Gasteiger partial charge in [-0.15, -0.1) is 0 Å². The van der Waals surface area contributed by atoms with Crippen molar-refractivity contribution in [1.29, 1.82) is 0 Å². The first-order valence-corrected chi connectivity index (χ1v) is 12.5. The van der Waals surface area contributed by atoms with Crippen molar-refractivity contribution in [2.45, 2.75) is 32.7 Å². The second-order valence-corrected chi connectivity index (χ2v) is 9.64. The Morgan fingerprint density at radius 2 is 1.70 bits per heavy atom. The highest BCUT2D eigenvalue weighted by atomic mass is 16.4. The maximum Gasteiger partial charge on any atom is 0.300 e. The number of nitrogens with zero attached hydrogens (tertiary/aromatic N) is 3. The van der Waals surface area contributed by atoms with Crippen LogP contribution in [0.15, 0.2) is 60.8 Å². The number of carbonyl (C=O) groups excluding carboxylic acids is 2. The van der Waals surface area contributed by atoms with Crippen molar-refractivity contribution >= 4 is 50.9 Å². The fourth-order valence-corrected chi connectivity index (χ4v) is 5.60. The smallest absolute Gasteiger partial charge is 0.300 e. The van der Waals surface area contributed by atoms with Gasteiger partial charge in [0.15, 0.2) is 0 Å². The summed E-state index contributed by atoms with van der Waals surface area (Å²) >= 11 is 0. The Labute approximate surface area is 214 Å². The molecule has 0 spiro atoms. The molecule has 3 N–H and O–H groups in total. The fourth-order valence-electron chi connectivity index (χ4n) is 5.60. The van der Waals surface area contributed by atoms with E-state index in [1.807, 2.05) is 60.3 Å². The molecule has 0 saturated carbocycles. The normalized spacial score (nSPS) is 17.4. The molecule has 8 heteroatoms. The van der Waals surface area contributed by atoms with E-state index < -0.39 is 5.97 Å². The van der Waals surface area contributed by atoms with E-state index in [0.717, 1.165) is 71.5 Å². The average Bonchev–Trinajstić information content (AvgIpc) is 3.39. The lowest BCUT2D eigenvalue weighted by Gasteiger charge is -2.19. The van der Waals surface area contributed by atoms with Gasteiger partial charge in [-0.25, -0.2) is 4.90 Å². The zero-order valence-corrected chi connectivity index (χ0v) is 21.0. The van der Waals surface area contributed by atoms with Gasteiger partial charge in [-0.2, -0.15) is 0 Å². The molecule has 0 fully saturated rings. The molecular formula is C29H30N4O4. The van der Waals surface area contributed by atoms with Gasteiger partial charge in [0.2, 0.25) is 0 Å². The van der Waals surface area contributed by atoms with Crippen molar-refractivity contribution < 1.29 is 19.5 Å². The van der Waals surface area contributed by atoms with E-state index in [1.165, 1.54) is 11.0 Å². The number of amides is 2. The number of hydrogen-bond donors (Lipinski definition) is 2. The van der Waals surface area contributed by atoms with E-state index in [-0.39, 0.29) is 11.8 Å². The molecule has 4 aromatic rings. The molecule has 2 aromatic carbocycles. The Balaban J connectivity index is 0.000000655. The lowest BCUT2D eigenvalue weighted by molar-refractivity contribution is -0.134. The zero-order chi connectivity index (χ0) is 26.3. The molecule has 2 aliphatic heterocycles. The van der Waals surface area contributed by atoms with Crippen LogP contribution in [0, 0.1) is 5.92 Å². The summed E-state index contributed by atoms with van der Waals surface area (Å²) in [6.45, 7) is 2.55. The van der Waals surface area contributed by atoms with E-state index in [9.17, 15) is 9.59 Å². The van der Waals surface area contributed by atoms with Crippen molar-refractivity contribution in [1.82, 2.24) is 9.13 Å². The van der Waals surface area contributed by atoms with Crippen LogP contribution in [0.1, 0.15) is 31.0 Å². The maximum atomic E-state index is 13.8. The Bertz CT molecular complexity index is 1570. The van der Waals surface area contributed by atoms with Crippen LogP contribution in [-0.4, -0.2) is 38.6 Å². The summed E-state index contributed by atoms with van der Waals surface area (Å²) in [5.74, 6) is -1.03. The number of nitrogens with two attached hydrogens (primary N) is 1. The molecular weight excluding hydrogens is 468 g/mol. The van der Waals surface area contributed by atoms with Gasteiger partial charge in [0.1, 0.15) is 0 Å². The number of carboxylic acids is 1. The highest BCUT2D eigenvalue weighted by molar-refractivity contribution is 6.45. The zero-order valence-electron chi connectivity index (χ0n) is 21.0. The van der Waals surface area contributed by atoms with Crippen LogP contribution in [0.5, 0.6) is 0 Å². The van der Waals surface area contributed by atoms with Crippen LogP contribution in [0.3, 0.4) is 0 Å². The third kappa shape index (κ3) is 4.23. The van der Waals surface area contributed by atoms with Gasteiger partial charge in [0, 0.05) is 60.3 Å². The molecule has 8 nitrogen and oxygen atoms in total. The molecule has 0 bridgehead atoms. The van der Waals surface area contributed by atoms with Crippen molar-refractivity contribution in [2.75, 3.05) is 11.4 Å². The lowest BCUT2D eigenvalue weighted by atomic mass is 9.98. The third-order valence-electron chi connectivity index (χ3n) is 7.19. The minimum atomic E-state index is -0.833. The average molecular weight is 499 g/mol. The highest BCUT2D eigenvalue weighted by Gasteiger charge is 2.38. The summed E-state index contributed by atoms with van der Waals surface area (Å²) in [5.41, 5.74) is 11.2. The van der Waals surface area contributed by atoms with Crippen LogP contribution in [0.25, 0.3) is 27.4 Å². The molecule has 4 heterocycles. The fraction of sp³-hybridized carbons (Fsp3) is 0.276. The second-order valence-electron chi connectivity index (χ2n) is 9.64. The van der Waals surface area contributed by atoms with Crippen LogP contribution in [0.2, 0.25) is 0 Å². The van der Waals surface area contributed by atoms with Gasteiger partial charge >= 0.3 is 0 Å². The summed E-state index contributed by atoms with van der Waals surface area (Å²) in [6, 6.07) is 16.0. The Morgan fingerprint density at radius 3 is 2.41 bits per heavy atom. The SMILES string of the molecule is CC(=O)O.Cn1cc(C2=CC(=O)N(c3c4n(c5ccccc35)CCCC(CN)C4)C2=O)c2ccccc21. The maximum absolute atomic E-state index is 13.8. The predicted octanol–water partition coefficient (Wildman–Crippen LogP) is 4.09. The molecule has 0 aliphatic carbocycles. The summed E-state index contributed by atoms with van der Waals surface area (Å²) in [6.07, 6.45) is 6.29. The van der Waals surface area contributed by atoms with E-state index in [4.69, 9.17) is 15.6 Å². The summed E-state index contributed by atoms with van der Waals surface area (Å²) in [7, 11) is 1.96. The minimum Gasteiger partial charge on any atom is -0.481 e. The first kappa shape index (κ1) is 24.5. The van der Waals surface area contributed by atoms with Crippen LogP contribution >= 0.6 is 0 Å². The number of aliphatic carboxylic acids is 1. The topological polar surface area (TPSA) is 111 Å². The van der Waals surface area contributed by atoms with Crippen LogP contribution < -0.4 is 10.6 Å². The number of carboxylic acid groups (broad SMARTS) is 1. The highest BCUT2D eigenvalue weighted by Crippen LogP contribution is 2.41. The van der Waals surface area contributed by atoms with Crippen molar-refractivity contribution in [3.8, 4) is 0 Å². The van der Waals surface area contributed by atoms with Crippen molar-refractivity contribution in [2.24, 2.45) is 18.7 Å². The Morgan fingerprint density at radius 1 is 1.05 bits per heavy atom. The second kappa shape index (κ2) is 9.71. The number of benzene rings is 2. The summed E-state index contributed by atoms with van der Waals surface area (Å²) in [5, 5.41) is 9.33. The lowest BCUT2D eigenvalue weighted by Crippen LogP contribution is -2.32. The number of aryl methyl sites for hydroxylation is 2. The third-order valence-corrected chi connectivity index (χ3v) is 7.19. The minimum absolute atomic E-state index is 0.260. The van der Waals surface area contributed by atoms with Gasteiger partial charge in [-0.3, -0.25) is 14.4 Å². The Kier molecular flexibility index (Phi) is 6.43. The number of anilines is 1. The largest absolute Gasteiger partial charge is 0.481 e. The summed E-state index contributed by atoms with van der Waals surface area (Å²) < 4.78 is 4.29. The number of carbonyl (C=O) groups is 3. The van der Waals surface area contributed by atoms with Crippen molar-refractivity contribution in [3.63, 3.8) is 0 Å². The Hall–Kier alpha value is -4.17. The molecule has 2 aliphatic rings. The first-order valence-electron chi connectivity index (χ1n) is 12.5. The molecule has 1 unspecified atom stereocenters. The van der Waals surface area contributed by atoms with E-state index >= 15 is 0 Å². The summed E-state index contributed by atoms with van der Waals surface area (Å²) in [4.78, 5) is 37.6. The standard InChI is InChI=1S/C27H26N4O2.C2H4O2/c1-29-16-21(18-8-2-4-10-22(18)29)20-14-25(32)31(27(20)33)26-19-9-3-5-11-23(19)30-12-6-7-17(15-28)13-24(26)30;1-2(3)4/h2-5,8-11,14,16-17H,6-7,12-13,15,28H2,1H3;1H3,(H,3,4). The monoisotopic (exact) mass is 498 g/mol. The number of aromatic nitrogens is 2. The molecule has 6 rings (SSSR count). The van der Waals surface area contributed by atoms with Crippen LogP contribution in [-0.2, 0) is 34.4 Å². The first-order chi connectivity index (χ1) is 17.8. The van der Waals surface area contributed by atoms with Crippen molar-refractivity contribution in [3.05, 3.63) is 72.1 Å². The molecule has 2 aromatic heterocycles. The van der Waals surface area contributed by atoms with Gasteiger partial charge < -0.3 is 20.0 Å².